The summed E-state index contributed by atoms with van der Waals surface area (Å²) in [5, 5.41) is 12.4. The van der Waals surface area contributed by atoms with Crippen LogP contribution in [0.15, 0.2) is 22.7 Å². The molecule has 1 atom stereocenters. The number of aromatic nitrogens is 2. The lowest BCUT2D eigenvalue weighted by Crippen LogP contribution is -2.15. The van der Waals surface area contributed by atoms with Crippen LogP contribution in [-0.4, -0.2) is 21.9 Å². The molecule has 0 aliphatic rings. The topological polar surface area (TPSA) is 85.2 Å². The lowest BCUT2D eigenvalue weighted by Gasteiger charge is -2.00. The normalized spacial score (nSPS) is 12.7. The second-order valence-electron chi connectivity index (χ2n) is 3.73. The Morgan fingerprint density at radius 3 is 3.00 bits per heavy atom. The molecule has 5 nitrogen and oxygen atoms in total. The molecule has 0 aliphatic heterocycles. The van der Waals surface area contributed by atoms with Gasteiger partial charge < -0.3 is 15.4 Å². The Labute approximate surface area is 97.1 Å². The Morgan fingerprint density at radius 1 is 1.53 bits per heavy atom. The summed E-state index contributed by atoms with van der Waals surface area (Å²) in [6.07, 6.45) is 0. The van der Waals surface area contributed by atoms with Crippen molar-refractivity contribution in [1.82, 2.24) is 10.1 Å². The highest BCUT2D eigenvalue weighted by Gasteiger charge is 2.16. The number of halogens is 1. The van der Waals surface area contributed by atoms with Crippen molar-refractivity contribution >= 4 is 0 Å². The van der Waals surface area contributed by atoms with E-state index in [1.54, 1.807) is 12.1 Å². The molecule has 3 N–H and O–H groups in total. The molecular formula is C11H12FN3O2. The summed E-state index contributed by atoms with van der Waals surface area (Å²) in [4.78, 5) is 3.95. The molecule has 1 aromatic carbocycles. The Morgan fingerprint density at radius 2 is 2.29 bits per heavy atom. The summed E-state index contributed by atoms with van der Waals surface area (Å²) < 4.78 is 18.5. The molecule has 0 saturated heterocycles. The van der Waals surface area contributed by atoms with Gasteiger partial charge in [0.2, 0.25) is 0 Å². The first-order valence-corrected chi connectivity index (χ1v) is 5.08. The van der Waals surface area contributed by atoms with Crippen LogP contribution in [0.3, 0.4) is 0 Å². The SMILES string of the molecule is Cc1ccc(F)c(-c2nc(C(N)CO)no2)c1. The number of nitrogens with zero attached hydrogens (tertiary/aromatic N) is 2. The van der Waals surface area contributed by atoms with Crippen LogP contribution in [0.1, 0.15) is 17.4 Å². The summed E-state index contributed by atoms with van der Waals surface area (Å²) in [6.45, 7) is 1.54. The third kappa shape index (κ3) is 2.32. The molecule has 1 heterocycles. The van der Waals surface area contributed by atoms with Gasteiger partial charge in [-0.2, -0.15) is 4.98 Å². The summed E-state index contributed by atoms with van der Waals surface area (Å²) in [7, 11) is 0. The maximum atomic E-state index is 13.5. The predicted octanol–water partition coefficient (Wildman–Crippen LogP) is 1.18. The zero-order chi connectivity index (χ0) is 12.4. The summed E-state index contributed by atoms with van der Waals surface area (Å²) in [6, 6.07) is 3.87. The molecule has 0 amide bonds. The maximum absolute atomic E-state index is 13.5. The summed E-state index contributed by atoms with van der Waals surface area (Å²) in [5.74, 6) is -0.225. The van der Waals surface area contributed by atoms with Gasteiger partial charge in [-0.15, -0.1) is 0 Å². The van der Waals surface area contributed by atoms with E-state index in [9.17, 15) is 4.39 Å². The minimum atomic E-state index is -0.722. The van der Waals surface area contributed by atoms with Gasteiger partial charge in [0.1, 0.15) is 5.82 Å². The molecule has 6 heteroatoms. The largest absolute Gasteiger partial charge is 0.394 e. The number of aryl methyl sites for hydroxylation is 1. The third-order valence-electron chi connectivity index (χ3n) is 2.32. The number of hydrogen-bond donors (Lipinski definition) is 2. The van der Waals surface area contributed by atoms with Crippen molar-refractivity contribution in [1.29, 1.82) is 0 Å². The quantitative estimate of drug-likeness (QED) is 0.837. The fourth-order valence-corrected chi connectivity index (χ4v) is 1.38. The lowest BCUT2D eigenvalue weighted by atomic mass is 10.1. The Bertz CT molecular complexity index is 527. The van der Waals surface area contributed by atoms with Gasteiger partial charge in [0, 0.05) is 0 Å². The van der Waals surface area contributed by atoms with Crippen molar-refractivity contribution in [2.75, 3.05) is 6.61 Å². The van der Waals surface area contributed by atoms with E-state index < -0.39 is 11.9 Å². The molecule has 0 saturated carbocycles. The van der Waals surface area contributed by atoms with Gasteiger partial charge >= 0.3 is 0 Å². The predicted molar refractivity (Wildman–Crippen MR) is 58.4 cm³/mol. The minimum Gasteiger partial charge on any atom is -0.394 e. The van der Waals surface area contributed by atoms with Gasteiger partial charge in [-0.1, -0.05) is 16.8 Å². The van der Waals surface area contributed by atoms with Crippen LogP contribution in [0, 0.1) is 12.7 Å². The molecule has 0 radical (unpaired) electrons. The monoisotopic (exact) mass is 237 g/mol. The molecule has 2 aromatic rings. The van der Waals surface area contributed by atoms with Gasteiger partial charge in [0.15, 0.2) is 5.82 Å². The first-order chi connectivity index (χ1) is 8.11. The van der Waals surface area contributed by atoms with E-state index >= 15 is 0 Å². The first-order valence-electron chi connectivity index (χ1n) is 5.08. The molecule has 1 aromatic heterocycles. The standard InChI is InChI=1S/C11H12FN3O2/c1-6-2-3-8(12)7(4-6)11-14-10(15-17-11)9(13)5-16/h2-4,9,16H,5,13H2,1H3. The van der Waals surface area contributed by atoms with Gasteiger partial charge in [0.05, 0.1) is 18.2 Å². The van der Waals surface area contributed by atoms with E-state index in [0.29, 0.717) is 0 Å². The van der Waals surface area contributed by atoms with E-state index in [0.717, 1.165) is 5.56 Å². The van der Waals surface area contributed by atoms with Gasteiger partial charge in [0.25, 0.3) is 5.89 Å². The van der Waals surface area contributed by atoms with Crippen molar-refractivity contribution in [3.8, 4) is 11.5 Å². The summed E-state index contributed by atoms with van der Waals surface area (Å²) in [5.41, 5.74) is 6.64. The molecule has 2 rings (SSSR count). The molecule has 0 aliphatic carbocycles. The average molecular weight is 237 g/mol. The fourth-order valence-electron chi connectivity index (χ4n) is 1.38. The van der Waals surface area contributed by atoms with Crippen molar-refractivity contribution in [3.05, 3.63) is 35.4 Å². The molecule has 90 valence electrons. The van der Waals surface area contributed by atoms with Crippen LogP contribution in [0.5, 0.6) is 0 Å². The second-order valence-corrected chi connectivity index (χ2v) is 3.73. The first kappa shape index (κ1) is 11.7. The Kier molecular flexibility index (Phi) is 3.16. The van der Waals surface area contributed by atoms with Crippen molar-refractivity contribution in [3.63, 3.8) is 0 Å². The molecule has 17 heavy (non-hydrogen) atoms. The lowest BCUT2D eigenvalue weighted by molar-refractivity contribution is 0.260. The van der Waals surface area contributed by atoms with Crippen LogP contribution in [0.25, 0.3) is 11.5 Å². The fraction of sp³-hybridized carbons (Fsp3) is 0.273. The van der Waals surface area contributed by atoms with Crippen LogP contribution >= 0.6 is 0 Å². The van der Waals surface area contributed by atoms with Crippen LogP contribution in [-0.2, 0) is 0 Å². The zero-order valence-corrected chi connectivity index (χ0v) is 9.22. The number of aliphatic hydroxyl groups is 1. The highest BCUT2D eigenvalue weighted by Crippen LogP contribution is 2.23. The van der Waals surface area contributed by atoms with E-state index in [4.69, 9.17) is 15.4 Å². The number of benzene rings is 1. The molecule has 0 spiro atoms. The summed E-state index contributed by atoms with van der Waals surface area (Å²) >= 11 is 0. The minimum absolute atomic E-state index is 0.0603. The molecular weight excluding hydrogens is 225 g/mol. The average Bonchev–Trinajstić information content (AvgIpc) is 2.80. The Hall–Kier alpha value is -1.79. The van der Waals surface area contributed by atoms with E-state index in [2.05, 4.69) is 10.1 Å². The highest BCUT2D eigenvalue weighted by molar-refractivity contribution is 5.55. The van der Waals surface area contributed by atoms with Crippen molar-refractivity contribution in [2.45, 2.75) is 13.0 Å². The Balaban J connectivity index is 2.40. The number of nitrogens with two attached hydrogens (primary N) is 1. The van der Waals surface area contributed by atoms with Crippen molar-refractivity contribution < 1.29 is 14.0 Å². The number of rotatable bonds is 3. The third-order valence-corrected chi connectivity index (χ3v) is 2.32. The van der Waals surface area contributed by atoms with Crippen LogP contribution < -0.4 is 5.73 Å². The zero-order valence-electron chi connectivity index (χ0n) is 9.22. The van der Waals surface area contributed by atoms with E-state index in [-0.39, 0.29) is 23.9 Å². The van der Waals surface area contributed by atoms with Gasteiger partial charge in [-0.25, -0.2) is 4.39 Å². The molecule has 1 unspecified atom stereocenters. The van der Waals surface area contributed by atoms with Gasteiger partial charge in [-0.05, 0) is 19.1 Å². The molecule has 0 fully saturated rings. The van der Waals surface area contributed by atoms with E-state index in [1.807, 2.05) is 6.92 Å². The molecule has 0 bridgehead atoms. The maximum Gasteiger partial charge on any atom is 0.260 e. The van der Waals surface area contributed by atoms with Crippen LogP contribution in [0.2, 0.25) is 0 Å². The number of aliphatic hydroxyl groups excluding tert-OH is 1. The second kappa shape index (κ2) is 4.60. The smallest absolute Gasteiger partial charge is 0.260 e. The van der Waals surface area contributed by atoms with Crippen LogP contribution in [0.4, 0.5) is 4.39 Å². The number of hydrogen-bond acceptors (Lipinski definition) is 5. The van der Waals surface area contributed by atoms with E-state index in [1.165, 1.54) is 6.07 Å². The van der Waals surface area contributed by atoms with Gasteiger partial charge in [-0.3, -0.25) is 0 Å². The highest BCUT2D eigenvalue weighted by atomic mass is 19.1. The van der Waals surface area contributed by atoms with Crippen molar-refractivity contribution in [2.24, 2.45) is 5.73 Å².